The van der Waals surface area contributed by atoms with Crippen LogP contribution < -0.4 is 16.4 Å². The Bertz CT molecular complexity index is 1030. The number of fused-ring (bicyclic) bond motifs is 1. The fraction of sp³-hybridized carbons (Fsp3) is 0.0500. The molecule has 0 spiro atoms. The maximum atomic E-state index is 6.06. The summed E-state index contributed by atoms with van der Waals surface area (Å²) < 4.78 is 0. The SMILES string of the molecule is Nc1ccc(Nc2cccnc2)nc1NCc1ccc2ncccc2c1. The van der Waals surface area contributed by atoms with Gasteiger partial charge in [-0.15, -0.1) is 0 Å². The number of hydrogen-bond donors (Lipinski definition) is 3. The molecule has 128 valence electrons. The maximum absolute atomic E-state index is 6.06. The number of anilines is 4. The van der Waals surface area contributed by atoms with Gasteiger partial charge in [-0.1, -0.05) is 12.1 Å². The first kappa shape index (κ1) is 15.8. The first-order valence-electron chi connectivity index (χ1n) is 8.29. The van der Waals surface area contributed by atoms with Crippen LogP contribution in [-0.2, 0) is 6.54 Å². The zero-order valence-electron chi connectivity index (χ0n) is 14.1. The molecule has 26 heavy (non-hydrogen) atoms. The van der Waals surface area contributed by atoms with Crippen molar-refractivity contribution >= 4 is 33.9 Å². The molecule has 0 saturated carbocycles. The maximum Gasteiger partial charge on any atom is 0.151 e. The Balaban J connectivity index is 1.50. The summed E-state index contributed by atoms with van der Waals surface area (Å²) in [6, 6.07) is 17.6. The zero-order chi connectivity index (χ0) is 17.8. The van der Waals surface area contributed by atoms with Crippen molar-refractivity contribution in [3.8, 4) is 0 Å². The Hall–Kier alpha value is -3.67. The number of pyridine rings is 3. The van der Waals surface area contributed by atoms with Crippen LogP contribution in [0, 0.1) is 0 Å². The Kier molecular flexibility index (Phi) is 4.30. The van der Waals surface area contributed by atoms with E-state index in [2.05, 4.69) is 43.8 Å². The second kappa shape index (κ2) is 7.06. The largest absolute Gasteiger partial charge is 0.396 e. The van der Waals surface area contributed by atoms with E-state index >= 15 is 0 Å². The lowest BCUT2D eigenvalue weighted by Gasteiger charge is -2.12. The molecule has 0 aliphatic heterocycles. The Morgan fingerprint density at radius 2 is 1.88 bits per heavy atom. The minimum atomic E-state index is 0.601. The first-order valence-corrected chi connectivity index (χ1v) is 8.29. The van der Waals surface area contributed by atoms with Crippen molar-refractivity contribution in [2.45, 2.75) is 6.54 Å². The van der Waals surface area contributed by atoms with Gasteiger partial charge in [-0.25, -0.2) is 4.98 Å². The van der Waals surface area contributed by atoms with E-state index in [1.165, 1.54) is 0 Å². The summed E-state index contributed by atoms with van der Waals surface area (Å²) in [5.41, 5.74) is 9.66. The number of rotatable bonds is 5. The molecule has 0 amide bonds. The van der Waals surface area contributed by atoms with E-state index in [9.17, 15) is 0 Å². The first-order chi connectivity index (χ1) is 12.8. The van der Waals surface area contributed by atoms with Gasteiger partial charge in [0, 0.05) is 24.3 Å². The van der Waals surface area contributed by atoms with Crippen LogP contribution in [0.5, 0.6) is 0 Å². The number of benzene rings is 1. The van der Waals surface area contributed by atoms with Gasteiger partial charge in [0.15, 0.2) is 5.82 Å². The van der Waals surface area contributed by atoms with Gasteiger partial charge in [-0.05, 0) is 48.0 Å². The third kappa shape index (κ3) is 3.54. The monoisotopic (exact) mass is 342 g/mol. The van der Waals surface area contributed by atoms with Crippen LogP contribution in [0.2, 0.25) is 0 Å². The van der Waals surface area contributed by atoms with Crippen LogP contribution in [0.3, 0.4) is 0 Å². The van der Waals surface area contributed by atoms with E-state index in [4.69, 9.17) is 5.73 Å². The van der Waals surface area contributed by atoms with Crippen LogP contribution in [-0.4, -0.2) is 15.0 Å². The number of nitrogens with zero attached hydrogens (tertiary/aromatic N) is 3. The van der Waals surface area contributed by atoms with Crippen LogP contribution in [0.25, 0.3) is 10.9 Å². The minimum Gasteiger partial charge on any atom is -0.396 e. The highest BCUT2D eigenvalue weighted by Crippen LogP contribution is 2.22. The van der Waals surface area contributed by atoms with Crippen molar-refractivity contribution < 1.29 is 0 Å². The molecule has 6 nitrogen and oxygen atoms in total. The van der Waals surface area contributed by atoms with E-state index in [-0.39, 0.29) is 0 Å². The smallest absolute Gasteiger partial charge is 0.151 e. The second-order valence-corrected chi connectivity index (χ2v) is 5.89. The predicted octanol–water partition coefficient (Wildman–Crippen LogP) is 3.96. The molecule has 4 N–H and O–H groups in total. The molecule has 0 fully saturated rings. The quantitative estimate of drug-likeness (QED) is 0.509. The fourth-order valence-corrected chi connectivity index (χ4v) is 2.69. The molecule has 0 aliphatic carbocycles. The third-order valence-corrected chi connectivity index (χ3v) is 3.99. The topological polar surface area (TPSA) is 88.8 Å². The number of nitrogen functional groups attached to an aromatic ring is 1. The van der Waals surface area contributed by atoms with Gasteiger partial charge in [0.05, 0.1) is 23.1 Å². The van der Waals surface area contributed by atoms with Gasteiger partial charge in [0.25, 0.3) is 0 Å². The molecule has 6 heteroatoms. The van der Waals surface area contributed by atoms with Crippen molar-refractivity contribution in [3.05, 3.63) is 78.8 Å². The van der Waals surface area contributed by atoms with E-state index < -0.39 is 0 Å². The van der Waals surface area contributed by atoms with E-state index in [0.29, 0.717) is 23.9 Å². The number of hydrogen-bond acceptors (Lipinski definition) is 6. The summed E-state index contributed by atoms with van der Waals surface area (Å²) in [7, 11) is 0. The van der Waals surface area contributed by atoms with Crippen LogP contribution >= 0.6 is 0 Å². The van der Waals surface area contributed by atoms with E-state index in [1.54, 1.807) is 18.6 Å². The van der Waals surface area contributed by atoms with Crippen molar-refractivity contribution in [3.63, 3.8) is 0 Å². The summed E-state index contributed by atoms with van der Waals surface area (Å²) >= 11 is 0. The molecule has 3 aromatic heterocycles. The van der Waals surface area contributed by atoms with Crippen molar-refractivity contribution in [1.82, 2.24) is 15.0 Å². The summed E-state index contributed by atoms with van der Waals surface area (Å²) in [4.78, 5) is 13.0. The van der Waals surface area contributed by atoms with Crippen molar-refractivity contribution in [2.75, 3.05) is 16.4 Å². The Morgan fingerprint density at radius 1 is 0.962 bits per heavy atom. The molecule has 3 heterocycles. The number of aromatic nitrogens is 3. The molecular weight excluding hydrogens is 324 g/mol. The molecule has 4 rings (SSSR count). The highest BCUT2D eigenvalue weighted by molar-refractivity contribution is 5.79. The molecular formula is C20H18N6. The van der Waals surface area contributed by atoms with Crippen LogP contribution in [0.1, 0.15) is 5.56 Å². The van der Waals surface area contributed by atoms with E-state index in [0.717, 1.165) is 22.2 Å². The average molecular weight is 342 g/mol. The normalized spacial score (nSPS) is 10.6. The minimum absolute atomic E-state index is 0.601. The average Bonchev–Trinajstić information content (AvgIpc) is 2.69. The summed E-state index contributed by atoms with van der Waals surface area (Å²) in [6.45, 7) is 0.623. The lowest BCUT2D eigenvalue weighted by molar-refractivity contribution is 1.12. The molecule has 0 unspecified atom stereocenters. The third-order valence-electron chi connectivity index (χ3n) is 3.99. The number of nitrogens with two attached hydrogens (primary N) is 1. The van der Waals surface area contributed by atoms with Crippen LogP contribution in [0.15, 0.2) is 73.2 Å². The number of nitrogens with one attached hydrogen (secondary N) is 2. The molecule has 0 atom stereocenters. The highest BCUT2D eigenvalue weighted by Gasteiger charge is 2.05. The highest BCUT2D eigenvalue weighted by atomic mass is 15.1. The fourth-order valence-electron chi connectivity index (χ4n) is 2.69. The molecule has 0 bridgehead atoms. The molecule has 1 aromatic carbocycles. The van der Waals surface area contributed by atoms with Crippen LogP contribution in [0.4, 0.5) is 23.0 Å². The molecule has 0 aliphatic rings. The zero-order valence-corrected chi connectivity index (χ0v) is 14.1. The summed E-state index contributed by atoms with van der Waals surface area (Å²) in [5, 5.41) is 7.64. The lowest BCUT2D eigenvalue weighted by atomic mass is 10.1. The summed E-state index contributed by atoms with van der Waals surface area (Å²) in [5.74, 6) is 1.35. The molecule has 4 aromatic rings. The predicted molar refractivity (Wildman–Crippen MR) is 105 cm³/mol. The van der Waals surface area contributed by atoms with Gasteiger partial charge in [-0.3, -0.25) is 9.97 Å². The molecule has 0 radical (unpaired) electrons. The Labute approximate surface area is 151 Å². The van der Waals surface area contributed by atoms with Gasteiger partial charge in [0.2, 0.25) is 0 Å². The van der Waals surface area contributed by atoms with Gasteiger partial charge >= 0.3 is 0 Å². The van der Waals surface area contributed by atoms with E-state index in [1.807, 2.05) is 36.4 Å². The second-order valence-electron chi connectivity index (χ2n) is 5.89. The lowest BCUT2D eigenvalue weighted by Crippen LogP contribution is -2.06. The van der Waals surface area contributed by atoms with Crippen molar-refractivity contribution in [1.29, 1.82) is 0 Å². The standard InChI is InChI=1S/C20H18N6/c21-17-6-8-19(25-16-4-2-9-22-13-16)26-20(17)24-12-14-5-7-18-15(11-14)3-1-10-23-18/h1-11,13H,12,21H2,(H2,24,25,26). The molecule has 0 saturated heterocycles. The Morgan fingerprint density at radius 3 is 2.77 bits per heavy atom. The van der Waals surface area contributed by atoms with Gasteiger partial charge in [-0.2, -0.15) is 0 Å². The van der Waals surface area contributed by atoms with Crippen molar-refractivity contribution in [2.24, 2.45) is 0 Å². The van der Waals surface area contributed by atoms with Gasteiger partial charge < -0.3 is 16.4 Å². The summed E-state index contributed by atoms with van der Waals surface area (Å²) in [6.07, 6.45) is 5.27. The van der Waals surface area contributed by atoms with Gasteiger partial charge in [0.1, 0.15) is 5.82 Å².